The maximum atomic E-state index is 10.4. The molecule has 0 N–H and O–H groups in total. The number of nitrogens with zero attached hydrogens (tertiary/aromatic N) is 2. The standard InChI is InChI=1S/C5H9N2O/c1-4-7(3)5(8)6-2/h2-4H2,1H3/q+1. The van der Waals surface area contributed by atoms with Crippen LogP contribution in [-0.2, 0) is 0 Å². The fraction of sp³-hybridized carbons (Fsp3) is 0.400. The highest BCUT2D eigenvalue weighted by atomic mass is 16.2. The van der Waals surface area contributed by atoms with Crippen molar-refractivity contribution < 1.29 is 9.37 Å². The van der Waals surface area contributed by atoms with Gasteiger partial charge in [0.15, 0.2) is 0 Å². The lowest BCUT2D eigenvalue weighted by atomic mass is 10.7. The molecule has 0 aromatic carbocycles. The van der Waals surface area contributed by atoms with E-state index in [0.29, 0.717) is 6.54 Å². The van der Waals surface area contributed by atoms with Crippen LogP contribution in [0, 0.1) is 0 Å². The minimum atomic E-state index is -0.382. The van der Waals surface area contributed by atoms with Gasteiger partial charge in [0.2, 0.25) is 0 Å². The maximum absolute atomic E-state index is 10.4. The first kappa shape index (κ1) is 7.01. The van der Waals surface area contributed by atoms with E-state index in [2.05, 4.69) is 18.4 Å². The molecule has 0 atom stereocenters. The smallest absolute Gasteiger partial charge is 0.202 e. The SMILES string of the molecule is C=NC(=O)[N+](=C)CC. The normalized spacial score (nSPS) is 8.12. The van der Waals surface area contributed by atoms with E-state index in [1.165, 1.54) is 4.58 Å². The molecule has 0 unspecified atom stereocenters. The summed E-state index contributed by atoms with van der Waals surface area (Å²) in [5, 5.41) is 0. The van der Waals surface area contributed by atoms with Crippen molar-refractivity contribution in [3.8, 4) is 0 Å². The highest BCUT2D eigenvalue weighted by Gasteiger charge is 2.06. The molecule has 8 heavy (non-hydrogen) atoms. The minimum absolute atomic E-state index is 0.382. The Hall–Kier alpha value is -0.990. The first-order valence-electron chi connectivity index (χ1n) is 2.31. The Morgan fingerprint density at radius 1 is 1.88 bits per heavy atom. The van der Waals surface area contributed by atoms with Crippen LogP contribution in [0.25, 0.3) is 0 Å². The fourth-order valence-electron chi connectivity index (χ4n) is 0.235. The average Bonchev–Trinajstić information content (AvgIpc) is 1.84. The minimum Gasteiger partial charge on any atom is -0.202 e. The Bertz CT molecular complexity index is 128. The van der Waals surface area contributed by atoms with Crippen molar-refractivity contribution in [2.24, 2.45) is 4.99 Å². The van der Waals surface area contributed by atoms with Crippen molar-refractivity contribution in [2.45, 2.75) is 6.92 Å². The second kappa shape index (κ2) is 3.07. The van der Waals surface area contributed by atoms with E-state index in [9.17, 15) is 4.79 Å². The summed E-state index contributed by atoms with van der Waals surface area (Å²) in [6.45, 7) is 8.81. The van der Waals surface area contributed by atoms with Gasteiger partial charge in [-0.3, -0.25) is 0 Å². The third-order valence-electron chi connectivity index (χ3n) is 0.788. The molecule has 0 aliphatic carbocycles. The zero-order chi connectivity index (χ0) is 6.57. The molecule has 0 saturated carbocycles. The first-order valence-corrected chi connectivity index (χ1v) is 2.31. The number of urea groups is 1. The molecule has 0 fully saturated rings. The molecule has 0 spiro atoms. The average molecular weight is 113 g/mol. The monoisotopic (exact) mass is 113 g/mol. The molecule has 0 aromatic heterocycles. The third-order valence-corrected chi connectivity index (χ3v) is 0.788. The molecule has 2 amide bonds. The van der Waals surface area contributed by atoms with E-state index >= 15 is 0 Å². The van der Waals surface area contributed by atoms with Crippen molar-refractivity contribution in [1.29, 1.82) is 0 Å². The number of carbonyl (C=O) groups excluding carboxylic acids is 1. The number of aliphatic imine (C=N–C) groups is 1. The predicted molar refractivity (Wildman–Crippen MR) is 32.9 cm³/mol. The molecule has 0 rings (SSSR count). The van der Waals surface area contributed by atoms with Crippen LogP contribution < -0.4 is 0 Å². The zero-order valence-corrected chi connectivity index (χ0v) is 4.92. The van der Waals surface area contributed by atoms with Crippen molar-refractivity contribution >= 4 is 19.5 Å². The van der Waals surface area contributed by atoms with E-state index in [1.54, 1.807) is 0 Å². The second-order valence-corrected chi connectivity index (χ2v) is 1.30. The summed E-state index contributed by atoms with van der Waals surface area (Å²) in [5.74, 6) is 0. The highest BCUT2D eigenvalue weighted by molar-refractivity contribution is 5.72. The number of rotatable bonds is 1. The largest absolute Gasteiger partial charge is 0.538 e. The lowest BCUT2D eigenvalue weighted by Gasteiger charge is -1.86. The number of amides is 2. The summed E-state index contributed by atoms with van der Waals surface area (Å²) in [4.78, 5) is 13.5. The van der Waals surface area contributed by atoms with Crippen molar-refractivity contribution in [2.75, 3.05) is 6.54 Å². The van der Waals surface area contributed by atoms with E-state index < -0.39 is 0 Å². The van der Waals surface area contributed by atoms with Crippen LogP contribution in [0.2, 0.25) is 0 Å². The van der Waals surface area contributed by atoms with Gasteiger partial charge in [-0.2, -0.15) is 4.79 Å². The van der Waals surface area contributed by atoms with E-state index in [4.69, 9.17) is 0 Å². The van der Waals surface area contributed by atoms with Crippen LogP contribution in [-0.4, -0.2) is 30.6 Å². The molecule has 0 bridgehead atoms. The Morgan fingerprint density at radius 3 is 2.50 bits per heavy atom. The van der Waals surface area contributed by atoms with Crippen LogP contribution >= 0.6 is 0 Å². The van der Waals surface area contributed by atoms with E-state index in [1.807, 2.05) is 6.92 Å². The van der Waals surface area contributed by atoms with Gasteiger partial charge >= 0.3 is 6.03 Å². The number of carbonyl (C=O) groups is 1. The van der Waals surface area contributed by atoms with Crippen molar-refractivity contribution in [3.05, 3.63) is 0 Å². The lowest BCUT2D eigenvalue weighted by Crippen LogP contribution is -2.13. The molecule has 3 nitrogen and oxygen atoms in total. The van der Waals surface area contributed by atoms with Crippen LogP contribution in [0.15, 0.2) is 4.99 Å². The van der Waals surface area contributed by atoms with Crippen LogP contribution in [0.4, 0.5) is 4.79 Å². The van der Waals surface area contributed by atoms with Gasteiger partial charge in [-0.25, -0.2) is 4.58 Å². The Kier molecular flexibility index (Phi) is 2.69. The molecular formula is C5H9N2O+. The maximum Gasteiger partial charge on any atom is 0.538 e. The van der Waals surface area contributed by atoms with E-state index in [0.717, 1.165) is 0 Å². The van der Waals surface area contributed by atoms with Gasteiger partial charge in [0.1, 0.15) is 6.72 Å². The summed E-state index contributed by atoms with van der Waals surface area (Å²) in [6.07, 6.45) is 0. The van der Waals surface area contributed by atoms with Gasteiger partial charge in [0.25, 0.3) is 0 Å². The summed E-state index contributed by atoms with van der Waals surface area (Å²) in [7, 11) is 0. The molecule has 3 heteroatoms. The molecule has 0 aliphatic heterocycles. The van der Waals surface area contributed by atoms with Crippen molar-refractivity contribution in [3.63, 3.8) is 0 Å². The topological polar surface area (TPSA) is 32.4 Å². The Labute approximate surface area is 48.4 Å². The van der Waals surface area contributed by atoms with Gasteiger partial charge in [0, 0.05) is 0 Å². The number of hydrogen-bond acceptors (Lipinski definition) is 1. The molecule has 0 radical (unpaired) electrons. The molecular weight excluding hydrogens is 104 g/mol. The number of hydrogen-bond donors (Lipinski definition) is 0. The lowest BCUT2D eigenvalue weighted by molar-refractivity contribution is -0.411. The zero-order valence-electron chi connectivity index (χ0n) is 4.92. The fourth-order valence-corrected chi connectivity index (χ4v) is 0.235. The molecule has 0 heterocycles. The summed E-state index contributed by atoms with van der Waals surface area (Å²) in [5.41, 5.74) is 0. The highest BCUT2D eigenvalue weighted by Crippen LogP contribution is 1.77. The van der Waals surface area contributed by atoms with Gasteiger partial charge in [0.05, 0.1) is 13.3 Å². The van der Waals surface area contributed by atoms with Crippen LogP contribution in [0.5, 0.6) is 0 Å². The van der Waals surface area contributed by atoms with Crippen LogP contribution in [0.1, 0.15) is 6.92 Å². The van der Waals surface area contributed by atoms with Gasteiger partial charge in [-0.1, -0.05) is 0 Å². The first-order chi connectivity index (χ1) is 3.72. The van der Waals surface area contributed by atoms with Gasteiger partial charge in [-0.05, 0) is 11.9 Å². The molecule has 0 saturated heterocycles. The van der Waals surface area contributed by atoms with Gasteiger partial charge in [-0.15, -0.1) is 0 Å². The second-order valence-electron chi connectivity index (χ2n) is 1.30. The van der Waals surface area contributed by atoms with Crippen LogP contribution in [0.3, 0.4) is 0 Å². The Morgan fingerprint density at radius 2 is 2.38 bits per heavy atom. The summed E-state index contributed by atoms with van der Waals surface area (Å²) < 4.78 is 1.23. The van der Waals surface area contributed by atoms with E-state index in [-0.39, 0.29) is 6.03 Å². The molecule has 0 aliphatic rings. The quantitative estimate of drug-likeness (QED) is 0.361. The molecule has 0 aromatic rings. The van der Waals surface area contributed by atoms with Crippen molar-refractivity contribution in [1.82, 2.24) is 0 Å². The molecule has 44 valence electrons. The summed E-state index contributed by atoms with van der Waals surface area (Å²) >= 11 is 0. The van der Waals surface area contributed by atoms with Gasteiger partial charge < -0.3 is 0 Å². The Balaban J connectivity index is 3.82. The predicted octanol–water partition coefficient (Wildman–Crippen LogP) is 0.540. The third kappa shape index (κ3) is 1.64. The summed E-state index contributed by atoms with van der Waals surface area (Å²) in [6, 6.07) is -0.382.